The molecule has 8 heteroatoms. The van der Waals surface area contributed by atoms with Crippen LogP contribution in [0.5, 0.6) is 17.2 Å². The lowest BCUT2D eigenvalue weighted by Crippen LogP contribution is -2.16. The molecular weight excluding hydrogens is 395 g/mol. The summed E-state index contributed by atoms with van der Waals surface area (Å²) in [6.45, 7) is 1.52. The van der Waals surface area contributed by atoms with Gasteiger partial charge in [-0.15, -0.1) is 0 Å². The van der Waals surface area contributed by atoms with E-state index in [-0.39, 0.29) is 19.8 Å². The molecule has 0 spiro atoms. The maximum Gasteiger partial charge on any atom is 0.310 e. The number of carbonyl (C=O) groups excluding carboxylic acids is 1. The monoisotopic (exact) mass is 410 g/mol. The second-order valence-corrected chi connectivity index (χ2v) is 6.95. The third-order valence-corrected chi connectivity index (χ3v) is 4.64. The average molecular weight is 411 g/mol. The highest BCUT2D eigenvalue weighted by atomic mass is 35.5. The fourth-order valence-electron chi connectivity index (χ4n) is 3.01. The van der Waals surface area contributed by atoms with E-state index in [9.17, 15) is 4.79 Å². The molecule has 2 aromatic carbocycles. The average Bonchev–Trinajstić information content (AvgIpc) is 2.66. The summed E-state index contributed by atoms with van der Waals surface area (Å²) in [4.78, 5) is 12.3. The van der Waals surface area contributed by atoms with Crippen molar-refractivity contribution in [3.63, 3.8) is 0 Å². The molecule has 0 aliphatic carbocycles. The molecule has 6 nitrogen and oxygen atoms in total. The Morgan fingerprint density at radius 3 is 2.78 bits per heavy atom. The first kappa shape index (κ1) is 18.2. The van der Waals surface area contributed by atoms with Gasteiger partial charge < -0.3 is 23.7 Å². The van der Waals surface area contributed by atoms with Crippen molar-refractivity contribution in [1.82, 2.24) is 0 Å². The molecular formula is C19H16Cl2O6. The van der Waals surface area contributed by atoms with E-state index in [1.807, 2.05) is 0 Å². The van der Waals surface area contributed by atoms with E-state index < -0.39 is 5.97 Å². The zero-order chi connectivity index (χ0) is 18.8. The van der Waals surface area contributed by atoms with Crippen molar-refractivity contribution in [3.05, 3.63) is 51.0 Å². The van der Waals surface area contributed by atoms with Crippen LogP contribution in [-0.2, 0) is 33.9 Å². The summed E-state index contributed by atoms with van der Waals surface area (Å²) in [5.74, 6) is 1.29. The molecule has 0 fully saturated rings. The van der Waals surface area contributed by atoms with E-state index in [1.165, 1.54) is 0 Å². The number of esters is 1. The Morgan fingerprint density at radius 2 is 1.89 bits per heavy atom. The van der Waals surface area contributed by atoms with E-state index in [0.717, 1.165) is 5.56 Å². The van der Waals surface area contributed by atoms with Crippen LogP contribution < -0.4 is 14.2 Å². The van der Waals surface area contributed by atoms with Crippen LogP contribution in [0, 0.1) is 0 Å². The number of fused-ring (bicyclic) bond motifs is 2. The zero-order valence-electron chi connectivity index (χ0n) is 14.3. The Labute approximate surface area is 165 Å². The van der Waals surface area contributed by atoms with Crippen molar-refractivity contribution >= 4 is 29.2 Å². The molecule has 0 amide bonds. The fourth-order valence-corrected chi connectivity index (χ4v) is 3.56. The lowest BCUT2D eigenvalue weighted by atomic mass is 10.1. The molecule has 27 heavy (non-hydrogen) atoms. The van der Waals surface area contributed by atoms with Gasteiger partial charge in [-0.25, -0.2) is 0 Å². The molecule has 0 unspecified atom stereocenters. The SMILES string of the molecule is O=C(Cc1cc(Cl)c2c(c1)OCCO2)OCc1cc(Cl)cc2c1OCOC2. The summed E-state index contributed by atoms with van der Waals surface area (Å²) in [6.07, 6.45) is 0.0586. The summed E-state index contributed by atoms with van der Waals surface area (Å²) in [6, 6.07) is 6.92. The van der Waals surface area contributed by atoms with E-state index >= 15 is 0 Å². The van der Waals surface area contributed by atoms with Crippen LogP contribution in [-0.4, -0.2) is 26.0 Å². The second kappa shape index (κ2) is 7.84. The first-order valence-corrected chi connectivity index (χ1v) is 9.11. The van der Waals surface area contributed by atoms with Crippen LogP contribution in [0.3, 0.4) is 0 Å². The highest BCUT2D eigenvalue weighted by Crippen LogP contribution is 2.38. The molecule has 2 heterocycles. The molecule has 2 aromatic rings. The van der Waals surface area contributed by atoms with E-state index in [2.05, 4.69) is 0 Å². The number of carbonyl (C=O) groups is 1. The van der Waals surface area contributed by atoms with E-state index in [1.54, 1.807) is 24.3 Å². The maximum atomic E-state index is 12.3. The zero-order valence-corrected chi connectivity index (χ0v) is 15.8. The maximum absolute atomic E-state index is 12.3. The summed E-state index contributed by atoms with van der Waals surface area (Å²) >= 11 is 12.3. The van der Waals surface area contributed by atoms with Gasteiger partial charge in [-0.1, -0.05) is 23.2 Å². The molecule has 2 aliphatic rings. The van der Waals surface area contributed by atoms with Gasteiger partial charge in [0, 0.05) is 16.1 Å². The van der Waals surface area contributed by atoms with Gasteiger partial charge in [0.25, 0.3) is 0 Å². The first-order chi connectivity index (χ1) is 13.1. The quantitative estimate of drug-likeness (QED) is 0.711. The number of hydrogen-bond donors (Lipinski definition) is 0. The lowest BCUT2D eigenvalue weighted by Gasteiger charge is -2.21. The number of rotatable bonds is 4. The summed E-state index contributed by atoms with van der Waals surface area (Å²) in [5, 5.41) is 0.944. The Bertz CT molecular complexity index is 883. The minimum atomic E-state index is -0.400. The van der Waals surface area contributed by atoms with Crippen LogP contribution in [0.25, 0.3) is 0 Å². The third kappa shape index (κ3) is 4.08. The minimum Gasteiger partial charge on any atom is -0.486 e. The molecule has 0 radical (unpaired) electrons. The van der Waals surface area contributed by atoms with Gasteiger partial charge >= 0.3 is 5.97 Å². The van der Waals surface area contributed by atoms with Crippen molar-refractivity contribution in [2.45, 2.75) is 19.6 Å². The van der Waals surface area contributed by atoms with Gasteiger partial charge in [-0.3, -0.25) is 4.79 Å². The third-order valence-electron chi connectivity index (χ3n) is 4.15. The molecule has 0 aromatic heterocycles. The van der Waals surface area contributed by atoms with Crippen molar-refractivity contribution in [2.24, 2.45) is 0 Å². The molecule has 0 bridgehead atoms. The molecule has 4 rings (SSSR count). The van der Waals surface area contributed by atoms with E-state index in [4.69, 9.17) is 46.9 Å². The van der Waals surface area contributed by atoms with Gasteiger partial charge in [0.1, 0.15) is 25.6 Å². The summed E-state index contributed by atoms with van der Waals surface area (Å²) in [7, 11) is 0. The molecule has 0 N–H and O–H groups in total. The summed E-state index contributed by atoms with van der Waals surface area (Å²) < 4.78 is 27.2. The normalized spacial score (nSPS) is 14.9. The van der Waals surface area contributed by atoms with Gasteiger partial charge in [-0.05, 0) is 29.8 Å². The number of benzene rings is 2. The highest BCUT2D eigenvalue weighted by molar-refractivity contribution is 6.32. The predicted molar refractivity (Wildman–Crippen MR) is 97.7 cm³/mol. The summed E-state index contributed by atoms with van der Waals surface area (Å²) in [5.41, 5.74) is 2.22. The lowest BCUT2D eigenvalue weighted by molar-refractivity contribution is -0.144. The largest absolute Gasteiger partial charge is 0.486 e. The van der Waals surface area contributed by atoms with Crippen LogP contribution in [0.2, 0.25) is 10.0 Å². The van der Waals surface area contributed by atoms with E-state index in [0.29, 0.717) is 58.2 Å². The van der Waals surface area contributed by atoms with Crippen molar-refractivity contribution in [3.8, 4) is 17.2 Å². The molecule has 0 saturated carbocycles. The predicted octanol–water partition coefficient (Wildman–Crippen LogP) is 3.92. The molecule has 2 aliphatic heterocycles. The smallest absolute Gasteiger partial charge is 0.310 e. The fraction of sp³-hybridized carbons (Fsp3) is 0.316. The van der Waals surface area contributed by atoms with Gasteiger partial charge in [0.2, 0.25) is 0 Å². The number of ether oxygens (including phenoxy) is 5. The van der Waals surface area contributed by atoms with Crippen LogP contribution in [0.15, 0.2) is 24.3 Å². The molecule has 142 valence electrons. The Morgan fingerprint density at radius 1 is 1.04 bits per heavy atom. The molecule has 0 atom stereocenters. The Balaban J connectivity index is 1.44. The number of halogens is 2. The minimum absolute atomic E-state index is 0.0556. The first-order valence-electron chi connectivity index (χ1n) is 8.35. The number of hydrogen-bond acceptors (Lipinski definition) is 6. The standard InChI is InChI=1S/C19H16Cl2O6/c20-14-6-12-8-23-10-27-18(12)13(7-14)9-26-17(22)5-11-3-15(21)19-16(4-11)24-1-2-25-19/h3-4,6-7H,1-2,5,8-10H2. The Kier molecular flexibility index (Phi) is 5.29. The van der Waals surface area contributed by atoms with Crippen LogP contribution in [0.4, 0.5) is 0 Å². The Hall–Kier alpha value is -2.15. The van der Waals surface area contributed by atoms with Crippen molar-refractivity contribution in [1.29, 1.82) is 0 Å². The highest BCUT2D eigenvalue weighted by Gasteiger charge is 2.20. The second-order valence-electron chi connectivity index (χ2n) is 6.10. The van der Waals surface area contributed by atoms with Gasteiger partial charge in [0.05, 0.1) is 18.1 Å². The van der Waals surface area contributed by atoms with Crippen LogP contribution >= 0.6 is 23.2 Å². The van der Waals surface area contributed by atoms with Crippen molar-refractivity contribution in [2.75, 3.05) is 20.0 Å². The van der Waals surface area contributed by atoms with Gasteiger partial charge in [-0.2, -0.15) is 0 Å². The van der Waals surface area contributed by atoms with Gasteiger partial charge in [0.15, 0.2) is 18.3 Å². The topological polar surface area (TPSA) is 63.2 Å². The molecule has 0 saturated heterocycles. The van der Waals surface area contributed by atoms with Crippen molar-refractivity contribution < 1.29 is 28.5 Å². The van der Waals surface area contributed by atoms with Crippen LogP contribution in [0.1, 0.15) is 16.7 Å².